The summed E-state index contributed by atoms with van der Waals surface area (Å²) >= 11 is 3.38. The van der Waals surface area contributed by atoms with Crippen molar-refractivity contribution < 1.29 is 4.79 Å². The molecule has 2 atom stereocenters. The molecule has 0 bridgehead atoms. The van der Waals surface area contributed by atoms with Crippen molar-refractivity contribution in [2.45, 2.75) is 58.9 Å². The molecule has 0 fully saturated rings. The Balaban J connectivity index is 3.91. The van der Waals surface area contributed by atoms with E-state index in [4.69, 9.17) is 0 Å². The fraction of sp³-hybridized carbons (Fsp3) is 0.917. The van der Waals surface area contributed by atoms with Crippen molar-refractivity contribution in [1.82, 2.24) is 5.32 Å². The van der Waals surface area contributed by atoms with Crippen molar-refractivity contribution in [3.05, 3.63) is 0 Å². The second-order valence-corrected chi connectivity index (χ2v) is 4.93. The Morgan fingerprint density at radius 2 is 2.00 bits per heavy atom. The van der Waals surface area contributed by atoms with Gasteiger partial charge in [0.1, 0.15) is 0 Å². The van der Waals surface area contributed by atoms with Gasteiger partial charge in [-0.25, -0.2) is 0 Å². The molecule has 0 radical (unpaired) electrons. The van der Waals surface area contributed by atoms with Crippen LogP contribution in [-0.2, 0) is 4.79 Å². The van der Waals surface area contributed by atoms with E-state index in [2.05, 4.69) is 42.0 Å². The van der Waals surface area contributed by atoms with Gasteiger partial charge in [0.2, 0.25) is 5.91 Å². The van der Waals surface area contributed by atoms with Crippen LogP contribution in [0, 0.1) is 5.92 Å². The van der Waals surface area contributed by atoms with Crippen LogP contribution in [0.25, 0.3) is 0 Å². The largest absolute Gasteiger partial charge is 0.353 e. The van der Waals surface area contributed by atoms with Gasteiger partial charge in [-0.3, -0.25) is 4.79 Å². The third-order valence-electron chi connectivity index (χ3n) is 2.70. The topological polar surface area (TPSA) is 29.1 Å². The van der Waals surface area contributed by atoms with Crippen LogP contribution in [0.1, 0.15) is 52.9 Å². The van der Waals surface area contributed by atoms with Crippen LogP contribution in [-0.4, -0.2) is 17.3 Å². The lowest BCUT2D eigenvalue weighted by atomic mass is 9.98. The molecule has 2 nitrogen and oxygen atoms in total. The fourth-order valence-electron chi connectivity index (χ4n) is 1.57. The van der Waals surface area contributed by atoms with Gasteiger partial charge in [-0.05, 0) is 26.2 Å². The first-order chi connectivity index (χ1) is 7.15. The average Bonchev–Trinajstić information content (AvgIpc) is 2.19. The number of nitrogens with one attached hydrogen (secondary N) is 1. The summed E-state index contributed by atoms with van der Waals surface area (Å²) in [5.41, 5.74) is 0. The molecular formula is C12H24BrNO. The van der Waals surface area contributed by atoms with Crippen LogP contribution in [0.15, 0.2) is 0 Å². The molecule has 0 rings (SSSR count). The van der Waals surface area contributed by atoms with Crippen LogP contribution in [0.2, 0.25) is 0 Å². The molecule has 0 aromatic heterocycles. The minimum Gasteiger partial charge on any atom is -0.353 e. The number of carbonyl (C=O) groups excluding carboxylic acids is 1. The summed E-state index contributed by atoms with van der Waals surface area (Å²) in [5, 5.41) is 4.02. The maximum absolute atomic E-state index is 11.8. The monoisotopic (exact) mass is 277 g/mol. The highest BCUT2D eigenvalue weighted by molar-refractivity contribution is 9.09. The Morgan fingerprint density at radius 3 is 2.47 bits per heavy atom. The van der Waals surface area contributed by atoms with Gasteiger partial charge in [0.05, 0.1) is 0 Å². The van der Waals surface area contributed by atoms with E-state index in [0.29, 0.717) is 0 Å². The van der Waals surface area contributed by atoms with Crippen molar-refractivity contribution in [3.8, 4) is 0 Å². The Hall–Kier alpha value is -0.0500. The summed E-state index contributed by atoms with van der Waals surface area (Å²) in [6, 6.07) is 0.285. The first-order valence-electron chi connectivity index (χ1n) is 6.02. The number of alkyl halides is 1. The fourth-order valence-corrected chi connectivity index (χ4v) is 2.25. The lowest BCUT2D eigenvalue weighted by Gasteiger charge is -2.18. The Labute approximate surface area is 102 Å². The van der Waals surface area contributed by atoms with Gasteiger partial charge in [0.15, 0.2) is 0 Å². The molecule has 1 amide bonds. The predicted octanol–water partition coefficient (Wildman–Crippen LogP) is 3.49. The van der Waals surface area contributed by atoms with E-state index >= 15 is 0 Å². The summed E-state index contributed by atoms with van der Waals surface area (Å²) in [6.45, 7) is 6.32. The zero-order chi connectivity index (χ0) is 11.7. The molecule has 1 N–H and O–H groups in total. The Morgan fingerprint density at radius 1 is 1.33 bits per heavy atom. The van der Waals surface area contributed by atoms with E-state index in [0.717, 1.165) is 31.0 Å². The second kappa shape index (κ2) is 9.20. The van der Waals surface area contributed by atoms with Gasteiger partial charge in [-0.2, -0.15) is 0 Å². The van der Waals surface area contributed by atoms with Gasteiger partial charge in [0.25, 0.3) is 0 Å². The standard InChI is InChI=1S/C12H24BrNO/c1-4-6-7-11(5-2)12(15)14-10(3)8-9-13/h10-11H,4-9H2,1-3H3,(H,14,15). The van der Waals surface area contributed by atoms with Gasteiger partial charge in [-0.15, -0.1) is 0 Å². The molecule has 0 aromatic rings. The van der Waals surface area contributed by atoms with Gasteiger partial charge >= 0.3 is 0 Å². The van der Waals surface area contributed by atoms with E-state index in [1.165, 1.54) is 6.42 Å². The maximum atomic E-state index is 11.8. The van der Waals surface area contributed by atoms with Crippen LogP contribution < -0.4 is 5.32 Å². The summed E-state index contributed by atoms with van der Waals surface area (Å²) in [5.74, 6) is 0.446. The Bertz CT molecular complexity index is 173. The van der Waals surface area contributed by atoms with Crippen molar-refractivity contribution in [2.24, 2.45) is 5.92 Å². The van der Waals surface area contributed by atoms with Crippen LogP contribution in [0.3, 0.4) is 0 Å². The quantitative estimate of drug-likeness (QED) is 0.676. The molecule has 0 heterocycles. The number of hydrogen-bond acceptors (Lipinski definition) is 1. The first kappa shape index (κ1) is 14.9. The number of halogens is 1. The molecule has 0 saturated heterocycles. The minimum atomic E-state index is 0.211. The SMILES string of the molecule is CCCCC(CC)C(=O)NC(C)CCBr. The van der Waals surface area contributed by atoms with E-state index in [1.54, 1.807) is 0 Å². The summed E-state index contributed by atoms with van der Waals surface area (Å²) in [4.78, 5) is 11.8. The minimum absolute atomic E-state index is 0.211. The number of amides is 1. The zero-order valence-corrected chi connectivity index (χ0v) is 11.8. The number of unbranched alkanes of at least 4 members (excludes halogenated alkanes) is 1. The molecule has 0 saturated carbocycles. The molecule has 0 aromatic carbocycles. The molecule has 0 aliphatic heterocycles. The van der Waals surface area contributed by atoms with E-state index in [9.17, 15) is 4.79 Å². The Kier molecular flexibility index (Phi) is 9.17. The molecular weight excluding hydrogens is 254 g/mol. The number of rotatable bonds is 8. The van der Waals surface area contributed by atoms with E-state index < -0.39 is 0 Å². The van der Waals surface area contributed by atoms with E-state index in [-0.39, 0.29) is 17.9 Å². The van der Waals surface area contributed by atoms with Crippen molar-refractivity contribution in [3.63, 3.8) is 0 Å². The summed E-state index contributed by atoms with van der Waals surface area (Å²) in [6.07, 6.45) is 5.29. The number of carbonyl (C=O) groups is 1. The molecule has 15 heavy (non-hydrogen) atoms. The molecule has 2 unspecified atom stereocenters. The van der Waals surface area contributed by atoms with Crippen LogP contribution in [0.5, 0.6) is 0 Å². The third-order valence-corrected chi connectivity index (χ3v) is 3.16. The van der Waals surface area contributed by atoms with Crippen molar-refractivity contribution in [2.75, 3.05) is 5.33 Å². The first-order valence-corrected chi connectivity index (χ1v) is 7.14. The molecule has 3 heteroatoms. The van der Waals surface area contributed by atoms with Crippen molar-refractivity contribution >= 4 is 21.8 Å². The van der Waals surface area contributed by atoms with Crippen molar-refractivity contribution in [1.29, 1.82) is 0 Å². The number of hydrogen-bond donors (Lipinski definition) is 1. The average molecular weight is 278 g/mol. The lowest BCUT2D eigenvalue weighted by molar-refractivity contribution is -0.126. The summed E-state index contributed by atoms with van der Waals surface area (Å²) < 4.78 is 0. The molecule has 0 aliphatic rings. The van der Waals surface area contributed by atoms with Crippen LogP contribution in [0.4, 0.5) is 0 Å². The van der Waals surface area contributed by atoms with E-state index in [1.807, 2.05) is 0 Å². The highest BCUT2D eigenvalue weighted by atomic mass is 79.9. The summed E-state index contributed by atoms with van der Waals surface area (Å²) in [7, 11) is 0. The zero-order valence-electron chi connectivity index (χ0n) is 10.2. The van der Waals surface area contributed by atoms with Gasteiger partial charge in [0, 0.05) is 17.3 Å². The molecule has 90 valence electrons. The molecule has 0 aliphatic carbocycles. The van der Waals surface area contributed by atoms with Crippen LogP contribution >= 0.6 is 15.9 Å². The highest BCUT2D eigenvalue weighted by Crippen LogP contribution is 2.13. The second-order valence-electron chi connectivity index (χ2n) is 4.13. The smallest absolute Gasteiger partial charge is 0.223 e. The predicted molar refractivity (Wildman–Crippen MR) is 69.3 cm³/mol. The highest BCUT2D eigenvalue weighted by Gasteiger charge is 2.16. The third kappa shape index (κ3) is 6.93. The lowest BCUT2D eigenvalue weighted by Crippen LogP contribution is -2.37. The molecule has 0 spiro atoms. The normalized spacial score (nSPS) is 14.7. The van der Waals surface area contributed by atoms with Gasteiger partial charge in [-0.1, -0.05) is 42.6 Å². The maximum Gasteiger partial charge on any atom is 0.223 e. The van der Waals surface area contributed by atoms with Gasteiger partial charge < -0.3 is 5.32 Å².